The SMILES string of the molecule is Cc1cc(CNS(=O)(=O)c2ccc3c(c2)CCCC3)nc(N2CCCC2)n1. The van der Waals surface area contributed by atoms with Crippen LogP contribution in [0.15, 0.2) is 29.2 Å². The molecule has 2 heterocycles. The van der Waals surface area contributed by atoms with Crippen molar-refractivity contribution in [2.75, 3.05) is 18.0 Å². The van der Waals surface area contributed by atoms with E-state index >= 15 is 0 Å². The van der Waals surface area contributed by atoms with Crippen LogP contribution in [-0.2, 0) is 29.4 Å². The van der Waals surface area contributed by atoms with Crippen LogP contribution in [0.5, 0.6) is 0 Å². The van der Waals surface area contributed by atoms with E-state index in [9.17, 15) is 8.42 Å². The van der Waals surface area contributed by atoms with E-state index in [1.807, 2.05) is 25.1 Å². The molecule has 4 rings (SSSR count). The van der Waals surface area contributed by atoms with Crippen molar-refractivity contribution in [3.05, 3.63) is 46.8 Å². The number of hydrogen-bond donors (Lipinski definition) is 1. The summed E-state index contributed by atoms with van der Waals surface area (Å²) >= 11 is 0. The van der Waals surface area contributed by atoms with Gasteiger partial charge in [-0.1, -0.05) is 6.07 Å². The van der Waals surface area contributed by atoms with Gasteiger partial charge in [0.05, 0.1) is 17.1 Å². The number of rotatable bonds is 5. The third-order valence-electron chi connectivity index (χ3n) is 5.36. The summed E-state index contributed by atoms with van der Waals surface area (Å²) in [5, 5.41) is 0. The summed E-state index contributed by atoms with van der Waals surface area (Å²) < 4.78 is 28.2. The predicted molar refractivity (Wildman–Crippen MR) is 105 cm³/mol. The van der Waals surface area contributed by atoms with Crippen molar-refractivity contribution < 1.29 is 8.42 Å². The highest BCUT2D eigenvalue weighted by atomic mass is 32.2. The maximum Gasteiger partial charge on any atom is 0.240 e. The number of benzene rings is 1. The maximum absolute atomic E-state index is 12.8. The molecule has 7 heteroatoms. The summed E-state index contributed by atoms with van der Waals surface area (Å²) in [5.74, 6) is 0.704. The molecule has 1 aliphatic heterocycles. The van der Waals surface area contributed by atoms with Crippen LogP contribution < -0.4 is 9.62 Å². The molecule has 1 saturated heterocycles. The van der Waals surface area contributed by atoms with Crippen molar-refractivity contribution >= 4 is 16.0 Å². The number of fused-ring (bicyclic) bond motifs is 1. The molecule has 2 aromatic rings. The van der Waals surface area contributed by atoms with Gasteiger partial charge in [0, 0.05) is 18.8 Å². The van der Waals surface area contributed by atoms with Crippen molar-refractivity contribution in [1.82, 2.24) is 14.7 Å². The fourth-order valence-electron chi connectivity index (χ4n) is 3.90. The molecule has 1 N–H and O–H groups in total. The largest absolute Gasteiger partial charge is 0.341 e. The minimum atomic E-state index is -3.56. The molecular weight excluding hydrogens is 360 g/mol. The molecule has 0 unspecified atom stereocenters. The van der Waals surface area contributed by atoms with Gasteiger partial charge in [-0.3, -0.25) is 0 Å². The first-order valence-corrected chi connectivity index (χ1v) is 11.2. The number of hydrogen-bond acceptors (Lipinski definition) is 5. The maximum atomic E-state index is 12.8. The Hall–Kier alpha value is -1.99. The van der Waals surface area contributed by atoms with Gasteiger partial charge in [-0.2, -0.15) is 0 Å². The first kappa shape index (κ1) is 18.4. The van der Waals surface area contributed by atoms with E-state index in [1.54, 1.807) is 6.07 Å². The van der Waals surface area contributed by atoms with Crippen LogP contribution in [0.2, 0.25) is 0 Å². The smallest absolute Gasteiger partial charge is 0.240 e. The minimum Gasteiger partial charge on any atom is -0.341 e. The highest BCUT2D eigenvalue weighted by Crippen LogP contribution is 2.24. The summed E-state index contributed by atoms with van der Waals surface area (Å²) in [6.07, 6.45) is 6.62. The molecule has 0 radical (unpaired) electrons. The Kier molecular flexibility index (Phi) is 5.14. The number of sulfonamides is 1. The Morgan fingerprint density at radius 2 is 1.74 bits per heavy atom. The van der Waals surface area contributed by atoms with Crippen LogP contribution in [0.3, 0.4) is 0 Å². The molecule has 1 aromatic heterocycles. The summed E-state index contributed by atoms with van der Waals surface area (Å²) in [5.41, 5.74) is 4.00. The topological polar surface area (TPSA) is 75.2 Å². The number of nitrogens with one attached hydrogen (secondary N) is 1. The predicted octanol–water partition coefficient (Wildman–Crippen LogP) is 2.74. The van der Waals surface area contributed by atoms with Crippen molar-refractivity contribution in [2.45, 2.75) is 56.9 Å². The molecule has 2 aliphatic rings. The lowest BCUT2D eigenvalue weighted by molar-refractivity contribution is 0.579. The zero-order valence-corrected chi connectivity index (χ0v) is 16.6. The van der Waals surface area contributed by atoms with Crippen LogP contribution in [0.4, 0.5) is 5.95 Å². The molecule has 0 spiro atoms. The van der Waals surface area contributed by atoms with Crippen molar-refractivity contribution in [3.63, 3.8) is 0 Å². The first-order valence-electron chi connectivity index (χ1n) is 9.72. The van der Waals surface area contributed by atoms with Gasteiger partial charge in [0.25, 0.3) is 0 Å². The van der Waals surface area contributed by atoms with Gasteiger partial charge >= 0.3 is 0 Å². The quantitative estimate of drug-likeness (QED) is 0.855. The fraction of sp³-hybridized carbons (Fsp3) is 0.500. The molecule has 0 saturated carbocycles. The molecule has 144 valence electrons. The molecule has 0 atom stereocenters. The Labute approximate surface area is 161 Å². The van der Waals surface area contributed by atoms with E-state index < -0.39 is 10.0 Å². The lowest BCUT2D eigenvalue weighted by Crippen LogP contribution is -2.26. The zero-order chi connectivity index (χ0) is 18.9. The molecule has 1 aliphatic carbocycles. The van der Waals surface area contributed by atoms with E-state index in [2.05, 4.69) is 19.6 Å². The van der Waals surface area contributed by atoms with E-state index in [0.717, 1.165) is 50.9 Å². The van der Waals surface area contributed by atoms with Crippen LogP contribution in [0, 0.1) is 6.92 Å². The number of nitrogens with zero attached hydrogens (tertiary/aromatic N) is 3. The average molecular weight is 387 g/mol. The summed E-state index contributed by atoms with van der Waals surface area (Å²) in [7, 11) is -3.56. The van der Waals surface area contributed by atoms with Gasteiger partial charge in [-0.25, -0.2) is 23.1 Å². The Balaban J connectivity index is 1.50. The van der Waals surface area contributed by atoms with Crippen molar-refractivity contribution in [2.24, 2.45) is 0 Å². The minimum absolute atomic E-state index is 0.170. The normalized spacial score (nSPS) is 17.1. The van der Waals surface area contributed by atoms with E-state index in [0.29, 0.717) is 16.5 Å². The van der Waals surface area contributed by atoms with Crippen molar-refractivity contribution in [3.8, 4) is 0 Å². The second kappa shape index (κ2) is 7.56. The monoisotopic (exact) mass is 386 g/mol. The lowest BCUT2D eigenvalue weighted by Gasteiger charge is -2.17. The Morgan fingerprint density at radius 3 is 2.52 bits per heavy atom. The Morgan fingerprint density at radius 1 is 1.00 bits per heavy atom. The summed E-state index contributed by atoms with van der Waals surface area (Å²) in [4.78, 5) is 11.6. The van der Waals surface area contributed by atoms with Gasteiger partial charge in [0.1, 0.15) is 0 Å². The van der Waals surface area contributed by atoms with Gasteiger partial charge in [0.2, 0.25) is 16.0 Å². The van der Waals surface area contributed by atoms with Crippen molar-refractivity contribution in [1.29, 1.82) is 0 Å². The van der Waals surface area contributed by atoms with Crippen LogP contribution >= 0.6 is 0 Å². The van der Waals surface area contributed by atoms with Gasteiger partial charge in [-0.15, -0.1) is 0 Å². The lowest BCUT2D eigenvalue weighted by atomic mass is 9.92. The van der Waals surface area contributed by atoms with Gasteiger partial charge < -0.3 is 4.90 Å². The summed E-state index contributed by atoms with van der Waals surface area (Å²) in [6.45, 7) is 4.01. The molecule has 1 aromatic carbocycles. The van der Waals surface area contributed by atoms with E-state index in [1.165, 1.54) is 17.5 Å². The highest BCUT2D eigenvalue weighted by molar-refractivity contribution is 7.89. The van der Waals surface area contributed by atoms with Crippen LogP contribution in [0.25, 0.3) is 0 Å². The number of aryl methyl sites for hydroxylation is 3. The fourth-order valence-corrected chi connectivity index (χ4v) is 4.94. The Bertz CT molecular complexity index is 937. The van der Waals surface area contributed by atoms with Gasteiger partial charge in [0.15, 0.2) is 0 Å². The third kappa shape index (κ3) is 4.14. The van der Waals surface area contributed by atoms with Crippen LogP contribution in [0.1, 0.15) is 48.2 Å². The average Bonchev–Trinajstić information content (AvgIpc) is 3.20. The second-order valence-electron chi connectivity index (χ2n) is 7.46. The number of anilines is 1. The molecular formula is C20H26N4O2S. The second-order valence-corrected chi connectivity index (χ2v) is 9.22. The van der Waals surface area contributed by atoms with Crippen LogP contribution in [-0.4, -0.2) is 31.5 Å². The third-order valence-corrected chi connectivity index (χ3v) is 6.76. The van der Waals surface area contributed by atoms with E-state index in [4.69, 9.17) is 0 Å². The summed E-state index contributed by atoms with van der Waals surface area (Å²) in [6, 6.07) is 7.35. The molecule has 1 fully saturated rings. The molecule has 0 amide bonds. The number of aromatic nitrogens is 2. The molecule has 0 bridgehead atoms. The van der Waals surface area contributed by atoms with E-state index in [-0.39, 0.29) is 6.54 Å². The highest BCUT2D eigenvalue weighted by Gasteiger charge is 2.19. The standard InChI is InChI=1S/C20H26N4O2S/c1-15-12-18(23-20(22-15)24-10-4-5-11-24)14-21-27(25,26)19-9-8-16-6-2-3-7-17(16)13-19/h8-9,12-13,21H,2-7,10-11,14H2,1H3. The van der Waals surface area contributed by atoms with Gasteiger partial charge in [-0.05, 0) is 74.8 Å². The molecule has 27 heavy (non-hydrogen) atoms. The zero-order valence-electron chi connectivity index (χ0n) is 15.7. The first-order chi connectivity index (χ1) is 13.0. The molecule has 6 nitrogen and oxygen atoms in total.